The lowest BCUT2D eigenvalue weighted by molar-refractivity contribution is 0.528. The van der Waals surface area contributed by atoms with E-state index in [0.29, 0.717) is 0 Å². The first-order chi connectivity index (χ1) is 9.02. The first kappa shape index (κ1) is 14.4. The largest absolute Gasteiger partial charge is 0.356 e. The molecule has 2 atom stereocenters. The topological polar surface area (TPSA) is 47.1 Å². The molecule has 2 N–H and O–H groups in total. The molecular formula is C15H28N4. The molecule has 1 aliphatic rings. The van der Waals surface area contributed by atoms with Gasteiger partial charge in [0.25, 0.3) is 0 Å². The Morgan fingerprint density at radius 3 is 2.84 bits per heavy atom. The Bertz CT molecular complexity index is 422. The van der Waals surface area contributed by atoms with E-state index in [-0.39, 0.29) is 6.04 Å². The number of hydrogen-bond donors (Lipinski definition) is 1. The summed E-state index contributed by atoms with van der Waals surface area (Å²) in [6.07, 6.45) is 4.87. The lowest BCUT2D eigenvalue weighted by Gasteiger charge is -2.21. The SMILES string of the molecule is CCCC1CCN(c2c(CC(C)N)c(C)nn2C)C1. The van der Waals surface area contributed by atoms with Crippen molar-refractivity contribution >= 4 is 5.82 Å². The van der Waals surface area contributed by atoms with Crippen LogP contribution in [0.4, 0.5) is 5.82 Å². The molecule has 2 rings (SSSR count). The van der Waals surface area contributed by atoms with Crippen LogP contribution in [0.5, 0.6) is 0 Å². The van der Waals surface area contributed by atoms with Crippen molar-refractivity contribution in [3.8, 4) is 0 Å². The van der Waals surface area contributed by atoms with Crippen molar-refractivity contribution in [3.63, 3.8) is 0 Å². The summed E-state index contributed by atoms with van der Waals surface area (Å²) in [7, 11) is 2.06. The zero-order valence-corrected chi connectivity index (χ0v) is 12.8. The molecule has 0 bridgehead atoms. The molecule has 1 saturated heterocycles. The molecule has 4 heteroatoms. The Hall–Kier alpha value is -1.03. The molecule has 1 aromatic heterocycles. The minimum Gasteiger partial charge on any atom is -0.356 e. The van der Waals surface area contributed by atoms with Gasteiger partial charge in [-0.2, -0.15) is 5.10 Å². The second kappa shape index (κ2) is 5.95. The maximum atomic E-state index is 5.99. The van der Waals surface area contributed by atoms with Crippen LogP contribution >= 0.6 is 0 Å². The van der Waals surface area contributed by atoms with Crippen molar-refractivity contribution in [1.29, 1.82) is 0 Å². The molecule has 2 heterocycles. The lowest BCUT2D eigenvalue weighted by Crippen LogP contribution is -2.25. The summed E-state index contributed by atoms with van der Waals surface area (Å²) in [5, 5.41) is 4.60. The number of hydrogen-bond acceptors (Lipinski definition) is 3. The number of nitrogens with zero attached hydrogens (tertiary/aromatic N) is 3. The Labute approximate surface area is 117 Å². The van der Waals surface area contributed by atoms with Crippen LogP contribution in [-0.2, 0) is 13.5 Å². The molecule has 4 nitrogen and oxygen atoms in total. The molecule has 19 heavy (non-hydrogen) atoms. The van der Waals surface area contributed by atoms with Gasteiger partial charge in [-0.05, 0) is 39.0 Å². The van der Waals surface area contributed by atoms with E-state index >= 15 is 0 Å². The van der Waals surface area contributed by atoms with Crippen LogP contribution in [0.15, 0.2) is 0 Å². The third kappa shape index (κ3) is 3.11. The predicted molar refractivity (Wildman–Crippen MR) is 80.5 cm³/mol. The van der Waals surface area contributed by atoms with Crippen molar-refractivity contribution in [2.24, 2.45) is 18.7 Å². The standard InChI is InChI=1S/C15H28N4/c1-5-6-13-7-8-19(10-13)15-14(9-11(2)16)12(3)17-18(15)4/h11,13H,5-10,16H2,1-4H3. The van der Waals surface area contributed by atoms with Crippen LogP contribution in [0.3, 0.4) is 0 Å². The zero-order chi connectivity index (χ0) is 14.0. The first-order valence-corrected chi connectivity index (χ1v) is 7.55. The van der Waals surface area contributed by atoms with Crippen LogP contribution in [0.2, 0.25) is 0 Å². The van der Waals surface area contributed by atoms with Crippen molar-refractivity contribution in [2.75, 3.05) is 18.0 Å². The molecule has 0 aromatic carbocycles. The summed E-state index contributed by atoms with van der Waals surface area (Å²) >= 11 is 0. The van der Waals surface area contributed by atoms with Crippen LogP contribution in [0.25, 0.3) is 0 Å². The third-order valence-electron chi connectivity index (χ3n) is 4.12. The molecule has 0 aliphatic carbocycles. The molecule has 0 amide bonds. The quantitative estimate of drug-likeness (QED) is 0.887. The summed E-state index contributed by atoms with van der Waals surface area (Å²) in [6, 6.07) is 0.190. The average Bonchev–Trinajstić information content (AvgIpc) is 2.85. The van der Waals surface area contributed by atoms with Gasteiger partial charge in [0, 0.05) is 31.7 Å². The zero-order valence-electron chi connectivity index (χ0n) is 12.8. The monoisotopic (exact) mass is 264 g/mol. The average molecular weight is 264 g/mol. The molecule has 1 aliphatic heterocycles. The van der Waals surface area contributed by atoms with Gasteiger partial charge in [-0.1, -0.05) is 13.3 Å². The highest BCUT2D eigenvalue weighted by Gasteiger charge is 2.27. The lowest BCUT2D eigenvalue weighted by atomic mass is 10.0. The Morgan fingerprint density at radius 1 is 1.47 bits per heavy atom. The van der Waals surface area contributed by atoms with E-state index < -0.39 is 0 Å². The highest BCUT2D eigenvalue weighted by molar-refractivity contribution is 5.51. The van der Waals surface area contributed by atoms with E-state index in [1.165, 1.54) is 37.2 Å². The fourth-order valence-corrected chi connectivity index (χ4v) is 3.32. The van der Waals surface area contributed by atoms with E-state index in [1.807, 2.05) is 4.68 Å². The fourth-order valence-electron chi connectivity index (χ4n) is 3.32. The first-order valence-electron chi connectivity index (χ1n) is 7.55. The summed E-state index contributed by atoms with van der Waals surface area (Å²) in [5.74, 6) is 2.15. The van der Waals surface area contributed by atoms with Gasteiger partial charge in [0.15, 0.2) is 0 Å². The number of aryl methyl sites for hydroxylation is 2. The van der Waals surface area contributed by atoms with E-state index in [2.05, 4.69) is 37.8 Å². The Morgan fingerprint density at radius 2 is 2.21 bits per heavy atom. The smallest absolute Gasteiger partial charge is 0.130 e. The maximum absolute atomic E-state index is 5.99. The van der Waals surface area contributed by atoms with Crippen LogP contribution in [-0.4, -0.2) is 28.9 Å². The highest BCUT2D eigenvalue weighted by atomic mass is 15.4. The maximum Gasteiger partial charge on any atom is 0.130 e. The normalized spacial score (nSPS) is 21.1. The summed E-state index contributed by atoms with van der Waals surface area (Å²) in [4.78, 5) is 2.51. The molecule has 2 unspecified atom stereocenters. The predicted octanol–water partition coefficient (Wildman–Crippen LogP) is 2.24. The van der Waals surface area contributed by atoms with Gasteiger partial charge >= 0.3 is 0 Å². The summed E-state index contributed by atoms with van der Waals surface area (Å²) in [5.41, 5.74) is 8.46. The minimum atomic E-state index is 0.190. The fraction of sp³-hybridized carbons (Fsp3) is 0.800. The van der Waals surface area contributed by atoms with Gasteiger partial charge in [-0.15, -0.1) is 0 Å². The van der Waals surface area contributed by atoms with Crippen LogP contribution in [0.1, 0.15) is 44.4 Å². The van der Waals surface area contributed by atoms with Gasteiger partial charge in [0.1, 0.15) is 5.82 Å². The van der Waals surface area contributed by atoms with E-state index in [1.54, 1.807) is 0 Å². The van der Waals surface area contributed by atoms with Crippen molar-refractivity contribution in [2.45, 2.75) is 52.5 Å². The minimum absolute atomic E-state index is 0.190. The number of rotatable bonds is 5. The van der Waals surface area contributed by atoms with E-state index in [4.69, 9.17) is 5.73 Å². The number of anilines is 1. The van der Waals surface area contributed by atoms with Gasteiger partial charge in [0.2, 0.25) is 0 Å². The second-order valence-corrected chi connectivity index (χ2v) is 6.08. The van der Waals surface area contributed by atoms with Gasteiger partial charge < -0.3 is 10.6 Å². The van der Waals surface area contributed by atoms with Gasteiger partial charge in [-0.3, -0.25) is 4.68 Å². The summed E-state index contributed by atoms with van der Waals surface area (Å²) in [6.45, 7) is 8.79. The van der Waals surface area contributed by atoms with Crippen molar-refractivity contribution in [3.05, 3.63) is 11.3 Å². The van der Waals surface area contributed by atoms with Gasteiger partial charge in [-0.25, -0.2) is 0 Å². The molecule has 0 radical (unpaired) electrons. The highest BCUT2D eigenvalue weighted by Crippen LogP contribution is 2.30. The Kier molecular flexibility index (Phi) is 4.50. The Balaban J connectivity index is 2.20. The molecule has 1 aromatic rings. The van der Waals surface area contributed by atoms with E-state index in [0.717, 1.165) is 24.6 Å². The molecule has 0 spiro atoms. The molecule has 108 valence electrons. The molecule has 1 fully saturated rings. The van der Waals surface area contributed by atoms with Crippen LogP contribution < -0.4 is 10.6 Å². The summed E-state index contributed by atoms with van der Waals surface area (Å²) < 4.78 is 2.04. The third-order valence-corrected chi connectivity index (χ3v) is 4.12. The second-order valence-electron chi connectivity index (χ2n) is 6.08. The number of nitrogens with two attached hydrogens (primary N) is 1. The van der Waals surface area contributed by atoms with Gasteiger partial charge in [0.05, 0.1) is 5.69 Å². The molecule has 0 saturated carbocycles. The van der Waals surface area contributed by atoms with Crippen LogP contribution in [0, 0.1) is 12.8 Å². The van der Waals surface area contributed by atoms with E-state index in [9.17, 15) is 0 Å². The van der Waals surface area contributed by atoms with Crippen molar-refractivity contribution < 1.29 is 0 Å². The van der Waals surface area contributed by atoms with Crippen molar-refractivity contribution in [1.82, 2.24) is 9.78 Å². The molecular weight excluding hydrogens is 236 g/mol. The number of aromatic nitrogens is 2.